The Morgan fingerprint density at radius 2 is 1.33 bits per heavy atom. The van der Waals surface area contributed by atoms with Crippen molar-refractivity contribution < 1.29 is 5.11 Å². The Morgan fingerprint density at radius 3 is 2.03 bits per heavy atom. The number of aryl methyl sites for hydroxylation is 1. The molecule has 0 saturated carbocycles. The van der Waals surface area contributed by atoms with Crippen LogP contribution in [0.15, 0.2) is 72.8 Å². The maximum atomic E-state index is 11.0. The topological polar surface area (TPSA) is 20.2 Å². The molecule has 1 nitrogen and oxygen atoms in total. The third kappa shape index (κ3) is 6.62. The number of phenols is 1. The second kappa shape index (κ2) is 12.0. The lowest BCUT2D eigenvalue weighted by Crippen LogP contribution is -1.91. The van der Waals surface area contributed by atoms with Crippen LogP contribution in [0.5, 0.6) is 5.75 Å². The molecular formula is C29H34O. The summed E-state index contributed by atoms with van der Waals surface area (Å²) < 4.78 is 0. The van der Waals surface area contributed by atoms with E-state index in [1.54, 1.807) is 0 Å². The Bertz CT molecular complexity index is 910. The van der Waals surface area contributed by atoms with Crippen LogP contribution in [0.4, 0.5) is 0 Å². The van der Waals surface area contributed by atoms with Gasteiger partial charge in [-0.1, -0.05) is 118 Å². The molecule has 0 aliphatic rings. The molecule has 0 aromatic heterocycles. The third-order valence-electron chi connectivity index (χ3n) is 5.61. The van der Waals surface area contributed by atoms with Crippen LogP contribution in [0.25, 0.3) is 23.3 Å². The monoisotopic (exact) mass is 398 g/mol. The first-order chi connectivity index (χ1) is 14.8. The molecule has 0 heterocycles. The van der Waals surface area contributed by atoms with Gasteiger partial charge in [-0.2, -0.15) is 0 Å². The van der Waals surface area contributed by atoms with Crippen molar-refractivity contribution >= 4 is 12.2 Å². The molecule has 0 atom stereocenters. The van der Waals surface area contributed by atoms with Gasteiger partial charge in [0.25, 0.3) is 0 Å². The molecule has 0 aliphatic carbocycles. The maximum Gasteiger partial charge on any atom is 0.130 e. The Kier molecular flexibility index (Phi) is 8.78. The average molecular weight is 399 g/mol. The zero-order valence-corrected chi connectivity index (χ0v) is 18.2. The summed E-state index contributed by atoms with van der Waals surface area (Å²) in [5, 5.41) is 11.0. The average Bonchev–Trinajstić information content (AvgIpc) is 2.79. The normalized spacial score (nSPS) is 11.2. The number of aromatic hydroxyl groups is 1. The van der Waals surface area contributed by atoms with E-state index in [2.05, 4.69) is 49.4 Å². The summed E-state index contributed by atoms with van der Waals surface area (Å²) in [6, 6.07) is 24.8. The van der Waals surface area contributed by atoms with E-state index in [1.165, 1.54) is 50.5 Å². The Balaban J connectivity index is 1.77. The molecule has 0 saturated heterocycles. The first-order valence-corrected chi connectivity index (χ1v) is 11.4. The van der Waals surface area contributed by atoms with Gasteiger partial charge in [-0.15, -0.1) is 0 Å². The predicted octanol–water partition coefficient (Wildman–Crippen LogP) is 8.52. The quantitative estimate of drug-likeness (QED) is 0.253. The number of phenolic OH excluding ortho intramolecular Hbond substituents is 1. The van der Waals surface area contributed by atoms with Crippen LogP contribution in [-0.4, -0.2) is 5.11 Å². The SMILES string of the molecule is CCCCCCCCCc1cc(C=Cc2ccccc2)c(O)c(-c2ccccc2)c1. The van der Waals surface area contributed by atoms with E-state index in [0.29, 0.717) is 5.75 Å². The summed E-state index contributed by atoms with van der Waals surface area (Å²) in [4.78, 5) is 0. The Hall–Kier alpha value is -2.80. The summed E-state index contributed by atoms with van der Waals surface area (Å²) in [5.74, 6) is 0.358. The van der Waals surface area contributed by atoms with Gasteiger partial charge in [0.05, 0.1) is 0 Å². The van der Waals surface area contributed by atoms with Crippen molar-refractivity contribution in [3.05, 3.63) is 89.5 Å². The molecule has 1 heteroatoms. The van der Waals surface area contributed by atoms with Gasteiger partial charge in [-0.3, -0.25) is 0 Å². The zero-order valence-electron chi connectivity index (χ0n) is 18.2. The van der Waals surface area contributed by atoms with Gasteiger partial charge < -0.3 is 5.11 Å². The minimum Gasteiger partial charge on any atom is -0.507 e. The molecule has 0 aliphatic heterocycles. The molecule has 0 bridgehead atoms. The van der Waals surface area contributed by atoms with Crippen molar-refractivity contribution in [2.45, 2.75) is 58.3 Å². The lowest BCUT2D eigenvalue weighted by molar-refractivity contribution is 0.476. The molecule has 0 amide bonds. The second-order valence-electron chi connectivity index (χ2n) is 8.06. The summed E-state index contributed by atoms with van der Waals surface area (Å²) >= 11 is 0. The summed E-state index contributed by atoms with van der Waals surface area (Å²) in [7, 11) is 0. The van der Waals surface area contributed by atoms with E-state index < -0.39 is 0 Å². The summed E-state index contributed by atoms with van der Waals surface area (Å²) in [6.07, 6.45) is 14.3. The van der Waals surface area contributed by atoms with Gasteiger partial charge in [0.15, 0.2) is 0 Å². The van der Waals surface area contributed by atoms with Crippen LogP contribution in [0.2, 0.25) is 0 Å². The van der Waals surface area contributed by atoms with Crippen molar-refractivity contribution in [2.75, 3.05) is 0 Å². The molecule has 3 rings (SSSR count). The van der Waals surface area contributed by atoms with Gasteiger partial charge in [0, 0.05) is 11.1 Å². The van der Waals surface area contributed by atoms with Crippen LogP contribution in [0.1, 0.15) is 68.6 Å². The van der Waals surface area contributed by atoms with E-state index in [9.17, 15) is 5.11 Å². The highest BCUT2D eigenvalue weighted by atomic mass is 16.3. The van der Waals surface area contributed by atoms with Gasteiger partial charge in [0.2, 0.25) is 0 Å². The van der Waals surface area contributed by atoms with Crippen molar-refractivity contribution in [3.63, 3.8) is 0 Å². The minimum absolute atomic E-state index is 0.358. The van der Waals surface area contributed by atoms with E-state index in [-0.39, 0.29) is 0 Å². The molecule has 0 unspecified atom stereocenters. The highest BCUT2D eigenvalue weighted by Gasteiger charge is 2.10. The van der Waals surface area contributed by atoms with Crippen molar-refractivity contribution in [3.8, 4) is 16.9 Å². The fraction of sp³-hybridized carbons (Fsp3) is 0.310. The van der Waals surface area contributed by atoms with E-state index >= 15 is 0 Å². The fourth-order valence-corrected chi connectivity index (χ4v) is 3.86. The number of hydrogen-bond acceptors (Lipinski definition) is 1. The molecule has 156 valence electrons. The van der Waals surface area contributed by atoms with Crippen LogP contribution in [0, 0.1) is 0 Å². The van der Waals surface area contributed by atoms with Gasteiger partial charge >= 0.3 is 0 Å². The number of unbranched alkanes of at least 4 members (excludes halogenated alkanes) is 6. The van der Waals surface area contributed by atoms with Crippen LogP contribution in [0.3, 0.4) is 0 Å². The van der Waals surface area contributed by atoms with Crippen molar-refractivity contribution in [2.24, 2.45) is 0 Å². The lowest BCUT2D eigenvalue weighted by atomic mass is 9.95. The van der Waals surface area contributed by atoms with Crippen LogP contribution < -0.4 is 0 Å². The standard InChI is InChI=1S/C29H34O/c1-2-3-4-5-6-7-10-17-25-22-27(21-20-24-15-11-8-12-16-24)29(30)28(23-25)26-18-13-9-14-19-26/h8-9,11-16,18-23,30H,2-7,10,17H2,1H3. The number of benzene rings is 3. The molecule has 0 radical (unpaired) electrons. The molecule has 30 heavy (non-hydrogen) atoms. The molecule has 3 aromatic rings. The maximum absolute atomic E-state index is 11.0. The minimum atomic E-state index is 0.358. The van der Waals surface area contributed by atoms with Crippen molar-refractivity contribution in [1.29, 1.82) is 0 Å². The van der Waals surface area contributed by atoms with E-state index in [4.69, 9.17) is 0 Å². The molecule has 3 aromatic carbocycles. The molecule has 0 fully saturated rings. The van der Waals surface area contributed by atoms with E-state index in [0.717, 1.165) is 28.7 Å². The highest BCUT2D eigenvalue weighted by molar-refractivity contribution is 5.81. The second-order valence-corrected chi connectivity index (χ2v) is 8.06. The summed E-state index contributed by atoms with van der Waals surface area (Å²) in [6.45, 7) is 2.26. The third-order valence-corrected chi connectivity index (χ3v) is 5.61. The highest BCUT2D eigenvalue weighted by Crippen LogP contribution is 2.35. The van der Waals surface area contributed by atoms with Gasteiger partial charge in [-0.25, -0.2) is 0 Å². The van der Waals surface area contributed by atoms with Crippen molar-refractivity contribution in [1.82, 2.24) is 0 Å². The first-order valence-electron chi connectivity index (χ1n) is 11.4. The zero-order chi connectivity index (χ0) is 21.0. The van der Waals surface area contributed by atoms with Crippen LogP contribution >= 0.6 is 0 Å². The van der Waals surface area contributed by atoms with E-state index in [1.807, 2.05) is 42.5 Å². The largest absolute Gasteiger partial charge is 0.507 e. The fourth-order valence-electron chi connectivity index (χ4n) is 3.86. The predicted molar refractivity (Wildman–Crippen MR) is 131 cm³/mol. The number of hydrogen-bond donors (Lipinski definition) is 1. The van der Waals surface area contributed by atoms with Gasteiger partial charge in [0.1, 0.15) is 5.75 Å². The number of rotatable bonds is 11. The lowest BCUT2D eigenvalue weighted by Gasteiger charge is -2.12. The van der Waals surface area contributed by atoms with Gasteiger partial charge in [-0.05, 0) is 41.7 Å². The smallest absolute Gasteiger partial charge is 0.130 e. The first kappa shape index (κ1) is 21.9. The molecule has 0 spiro atoms. The Labute approximate surface area is 182 Å². The Morgan fingerprint density at radius 1 is 0.700 bits per heavy atom. The molecule has 1 N–H and O–H groups in total. The van der Waals surface area contributed by atoms with Crippen LogP contribution in [-0.2, 0) is 6.42 Å². The summed E-state index contributed by atoms with van der Waals surface area (Å²) in [5.41, 5.74) is 5.30. The molecular weight excluding hydrogens is 364 g/mol.